The van der Waals surface area contributed by atoms with Crippen LogP contribution in [0.4, 0.5) is 13.2 Å². The summed E-state index contributed by atoms with van der Waals surface area (Å²) in [5.41, 5.74) is -0.0174. The zero-order valence-electron chi connectivity index (χ0n) is 11.7. The molecule has 0 saturated carbocycles. The van der Waals surface area contributed by atoms with Crippen LogP contribution in [0.1, 0.15) is 11.3 Å². The molecule has 0 bridgehead atoms. The first-order valence-corrected chi connectivity index (χ1v) is 7.06. The van der Waals surface area contributed by atoms with Gasteiger partial charge in [0.25, 0.3) is 0 Å². The predicted molar refractivity (Wildman–Crippen MR) is 81.4 cm³/mol. The summed E-state index contributed by atoms with van der Waals surface area (Å²) in [6, 6.07) is 15.6. The van der Waals surface area contributed by atoms with Crippen LogP contribution in [0.3, 0.4) is 0 Å². The van der Waals surface area contributed by atoms with Gasteiger partial charge in [-0.1, -0.05) is 29.8 Å². The third-order valence-corrected chi connectivity index (χ3v) is 3.52. The van der Waals surface area contributed by atoms with E-state index in [1.807, 2.05) is 0 Å². The molecular formula is C17H10ClF3NO. The highest BCUT2D eigenvalue weighted by Gasteiger charge is 2.33. The van der Waals surface area contributed by atoms with Gasteiger partial charge in [0, 0.05) is 5.39 Å². The van der Waals surface area contributed by atoms with E-state index in [4.69, 9.17) is 16.3 Å². The van der Waals surface area contributed by atoms with Crippen LogP contribution < -0.4 is 4.74 Å². The van der Waals surface area contributed by atoms with E-state index in [1.54, 1.807) is 36.4 Å². The van der Waals surface area contributed by atoms with Crippen LogP contribution in [-0.4, -0.2) is 4.98 Å². The molecule has 0 N–H and O–H groups in total. The van der Waals surface area contributed by atoms with Gasteiger partial charge in [-0.25, -0.2) is 4.98 Å². The smallest absolute Gasteiger partial charge is 0.433 e. The number of hydrogen-bond donors (Lipinski definition) is 0. The van der Waals surface area contributed by atoms with Gasteiger partial charge >= 0.3 is 6.18 Å². The lowest BCUT2D eigenvalue weighted by Crippen LogP contribution is -2.08. The third-order valence-electron chi connectivity index (χ3n) is 3.21. The second-order valence-electron chi connectivity index (χ2n) is 4.86. The second-order valence-corrected chi connectivity index (χ2v) is 5.27. The molecule has 1 radical (unpaired) electrons. The number of benzene rings is 2. The Hall–Kier alpha value is -2.27. The third kappa shape index (κ3) is 3.56. The van der Waals surface area contributed by atoms with E-state index in [2.05, 4.69) is 11.1 Å². The number of hydrogen-bond acceptors (Lipinski definition) is 2. The monoisotopic (exact) mass is 336 g/mol. The summed E-state index contributed by atoms with van der Waals surface area (Å²) in [6.07, 6.45) is -4.52. The lowest BCUT2D eigenvalue weighted by atomic mass is 10.1. The van der Waals surface area contributed by atoms with Gasteiger partial charge in [0.15, 0.2) is 0 Å². The van der Waals surface area contributed by atoms with Gasteiger partial charge in [-0.3, -0.25) is 0 Å². The lowest BCUT2D eigenvalue weighted by Gasteiger charge is -2.10. The number of aromatic nitrogens is 1. The summed E-state index contributed by atoms with van der Waals surface area (Å²) in [5, 5.41) is 0.473. The highest BCUT2D eigenvalue weighted by atomic mass is 35.5. The Morgan fingerprint density at radius 1 is 1.09 bits per heavy atom. The molecule has 6 heteroatoms. The van der Waals surface area contributed by atoms with Gasteiger partial charge in [-0.05, 0) is 42.0 Å². The summed E-state index contributed by atoms with van der Waals surface area (Å²) < 4.78 is 43.8. The van der Waals surface area contributed by atoms with Crippen molar-refractivity contribution in [2.45, 2.75) is 12.8 Å². The number of fused-ring (bicyclic) bond motifs is 1. The molecule has 0 spiro atoms. The topological polar surface area (TPSA) is 22.1 Å². The molecule has 1 aromatic heterocycles. The Labute approximate surface area is 135 Å². The Bertz CT molecular complexity index is 834. The zero-order valence-corrected chi connectivity index (χ0v) is 12.4. The van der Waals surface area contributed by atoms with E-state index < -0.39 is 11.9 Å². The first-order valence-electron chi connectivity index (χ1n) is 6.69. The molecule has 117 valence electrons. The van der Waals surface area contributed by atoms with Crippen molar-refractivity contribution in [1.29, 1.82) is 0 Å². The van der Waals surface area contributed by atoms with Gasteiger partial charge in [0.2, 0.25) is 0 Å². The first-order chi connectivity index (χ1) is 10.9. The molecule has 0 amide bonds. The van der Waals surface area contributed by atoms with Gasteiger partial charge in [0.1, 0.15) is 18.1 Å². The van der Waals surface area contributed by atoms with Gasteiger partial charge in [-0.2, -0.15) is 13.2 Å². The first kappa shape index (κ1) is 15.6. The van der Waals surface area contributed by atoms with Crippen molar-refractivity contribution in [3.8, 4) is 5.75 Å². The second kappa shape index (κ2) is 6.08. The van der Waals surface area contributed by atoms with Crippen molar-refractivity contribution in [3.63, 3.8) is 0 Å². The highest BCUT2D eigenvalue weighted by Crippen LogP contribution is 2.33. The molecule has 0 aliphatic heterocycles. The average Bonchev–Trinajstić information content (AvgIpc) is 2.53. The fourth-order valence-electron chi connectivity index (χ4n) is 2.10. The number of ether oxygens (including phenoxy) is 1. The Kier molecular flexibility index (Phi) is 4.13. The minimum Gasteiger partial charge on any atom is -0.489 e. The molecule has 0 atom stereocenters. The fraction of sp³-hybridized carbons (Fsp3) is 0.118. The molecule has 0 saturated heterocycles. The van der Waals surface area contributed by atoms with Crippen LogP contribution in [0, 0.1) is 6.07 Å². The summed E-state index contributed by atoms with van der Waals surface area (Å²) in [5.74, 6) is 0.681. The van der Waals surface area contributed by atoms with Crippen molar-refractivity contribution < 1.29 is 17.9 Å². The molecule has 3 rings (SSSR count). The maximum atomic E-state index is 12.7. The number of pyridine rings is 1. The van der Waals surface area contributed by atoms with Gasteiger partial charge < -0.3 is 4.74 Å². The van der Waals surface area contributed by atoms with Crippen LogP contribution in [0.15, 0.2) is 48.5 Å². The lowest BCUT2D eigenvalue weighted by molar-refractivity contribution is -0.140. The quantitative estimate of drug-likeness (QED) is 0.648. The largest absolute Gasteiger partial charge is 0.489 e. The maximum absolute atomic E-state index is 12.7. The number of alkyl halides is 3. The molecule has 0 aliphatic carbocycles. The standard InChI is InChI=1S/C17H10ClF3NO/c18-14-9-16(17(19,20)21)22-15-7-6-11(8-13(14)15)10-23-12-4-2-1-3-5-12/h2-9H,10H2. The minimum atomic E-state index is -4.52. The Balaban J connectivity index is 1.89. The number of halogens is 4. The van der Waals surface area contributed by atoms with E-state index in [-0.39, 0.29) is 17.1 Å². The van der Waals surface area contributed by atoms with Crippen molar-refractivity contribution in [1.82, 2.24) is 4.98 Å². The van der Waals surface area contributed by atoms with E-state index in [1.165, 1.54) is 6.07 Å². The molecule has 1 heterocycles. The maximum Gasteiger partial charge on any atom is 0.433 e. The summed E-state index contributed by atoms with van der Waals surface area (Å²) in [4.78, 5) is 3.61. The fourth-order valence-corrected chi connectivity index (χ4v) is 2.36. The van der Waals surface area contributed by atoms with Crippen LogP contribution in [-0.2, 0) is 12.8 Å². The molecule has 0 aliphatic rings. The van der Waals surface area contributed by atoms with Crippen LogP contribution >= 0.6 is 11.6 Å². The van der Waals surface area contributed by atoms with Crippen molar-refractivity contribution in [2.24, 2.45) is 0 Å². The highest BCUT2D eigenvalue weighted by molar-refractivity contribution is 6.35. The van der Waals surface area contributed by atoms with Crippen LogP contribution in [0.2, 0.25) is 5.02 Å². The molecule has 2 aromatic carbocycles. The molecule has 3 aromatic rings. The molecular weight excluding hydrogens is 327 g/mol. The van der Waals surface area contributed by atoms with Gasteiger partial charge in [-0.15, -0.1) is 0 Å². The van der Waals surface area contributed by atoms with Crippen molar-refractivity contribution >= 4 is 22.5 Å². The molecule has 0 fully saturated rings. The summed E-state index contributed by atoms with van der Waals surface area (Å²) >= 11 is 5.97. The molecule has 23 heavy (non-hydrogen) atoms. The average molecular weight is 337 g/mol. The van der Waals surface area contributed by atoms with Crippen molar-refractivity contribution in [3.05, 3.63) is 70.9 Å². The normalized spacial score (nSPS) is 11.7. The van der Waals surface area contributed by atoms with E-state index in [0.717, 1.165) is 11.6 Å². The Morgan fingerprint density at radius 3 is 2.52 bits per heavy atom. The number of rotatable bonds is 3. The van der Waals surface area contributed by atoms with Crippen LogP contribution in [0.25, 0.3) is 10.9 Å². The van der Waals surface area contributed by atoms with E-state index in [0.29, 0.717) is 11.1 Å². The van der Waals surface area contributed by atoms with E-state index >= 15 is 0 Å². The Morgan fingerprint density at radius 2 is 1.83 bits per heavy atom. The molecule has 2 nitrogen and oxygen atoms in total. The summed E-state index contributed by atoms with van der Waals surface area (Å²) in [6.45, 7) is 0.275. The van der Waals surface area contributed by atoms with Crippen molar-refractivity contribution in [2.75, 3.05) is 0 Å². The SMILES string of the molecule is FC(F)(F)c1cc(Cl)c2cc(COc3cc[c]cc3)ccc2n1. The molecule has 0 unspecified atom stereocenters. The summed E-state index contributed by atoms with van der Waals surface area (Å²) in [7, 11) is 0. The van der Waals surface area contributed by atoms with Crippen LogP contribution in [0.5, 0.6) is 5.75 Å². The number of nitrogens with zero attached hydrogens (tertiary/aromatic N) is 1. The van der Waals surface area contributed by atoms with Gasteiger partial charge in [0.05, 0.1) is 10.5 Å². The minimum absolute atomic E-state index is 0.0125. The zero-order chi connectivity index (χ0) is 16.4. The van der Waals surface area contributed by atoms with E-state index in [9.17, 15) is 13.2 Å². The predicted octanol–water partition coefficient (Wildman–Crippen LogP) is 5.29.